The number of halogens is 1. The molecule has 148 valence electrons. The highest BCUT2D eigenvalue weighted by atomic mass is 32.1. The molecular weight excluding hydrogens is 389 g/mol. The molecule has 1 aromatic heterocycles. The number of hydrogen-bond acceptors (Lipinski definition) is 4. The number of nitrogens with zero attached hydrogens (tertiary/aromatic N) is 1. The minimum Gasteiger partial charge on any atom is -0.305 e. The molecule has 29 heavy (non-hydrogen) atoms. The van der Waals surface area contributed by atoms with Crippen molar-refractivity contribution in [2.75, 3.05) is 18.4 Å². The third kappa shape index (κ3) is 4.36. The number of para-hydroxylation sites is 1. The van der Waals surface area contributed by atoms with Gasteiger partial charge in [-0.25, -0.2) is 9.18 Å². The van der Waals surface area contributed by atoms with E-state index in [4.69, 9.17) is 0 Å². The molecule has 2 aromatic carbocycles. The number of thiophene rings is 1. The number of nitrogens with one attached hydrogen (secondary N) is 2. The monoisotopic (exact) mass is 409 g/mol. The molecule has 1 aliphatic rings. The number of amides is 3. The molecule has 0 saturated carbocycles. The number of urea groups is 1. The van der Waals surface area contributed by atoms with Gasteiger partial charge in [0.1, 0.15) is 5.82 Å². The van der Waals surface area contributed by atoms with Crippen molar-refractivity contribution in [3.63, 3.8) is 0 Å². The van der Waals surface area contributed by atoms with Crippen LogP contribution in [0.1, 0.15) is 22.0 Å². The molecule has 4 rings (SSSR count). The van der Waals surface area contributed by atoms with E-state index in [1.165, 1.54) is 28.6 Å². The fourth-order valence-corrected chi connectivity index (χ4v) is 4.53. The summed E-state index contributed by atoms with van der Waals surface area (Å²) < 4.78 is 13.7. The Bertz CT molecular complexity index is 1020. The van der Waals surface area contributed by atoms with E-state index in [1.807, 2.05) is 30.3 Å². The molecule has 2 N–H and O–H groups in total. The second-order valence-electron chi connectivity index (χ2n) is 6.81. The van der Waals surface area contributed by atoms with Crippen LogP contribution in [-0.2, 0) is 11.2 Å². The molecule has 0 bridgehead atoms. The number of imide groups is 1. The van der Waals surface area contributed by atoms with Crippen molar-refractivity contribution in [2.24, 2.45) is 0 Å². The second kappa shape index (κ2) is 8.55. The lowest BCUT2D eigenvalue weighted by Crippen LogP contribution is -2.45. The van der Waals surface area contributed by atoms with E-state index in [-0.39, 0.29) is 18.3 Å². The van der Waals surface area contributed by atoms with Gasteiger partial charge in [0.25, 0.3) is 0 Å². The molecule has 3 aromatic rings. The molecule has 1 aliphatic heterocycles. The first-order valence-corrected chi connectivity index (χ1v) is 10.2. The van der Waals surface area contributed by atoms with Gasteiger partial charge in [-0.15, -0.1) is 11.3 Å². The zero-order valence-corrected chi connectivity index (χ0v) is 16.4. The van der Waals surface area contributed by atoms with E-state index in [0.717, 1.165) is 18.5 Å². The standard InChI is InChI=1S/C22H20FN3O2S/c23-17-8-4-5-9-18(17)24-22(28)25-20(27)14-26-12-10-19-16(11-13-29-19)21(26)15-6-2-1-3-7-15/h1-9,11,13,21H,10,12,14H2,(H2,24,25,27,28)/t21-/m1/s1. The number of carbonyl (C=O) groups excluding carboxylic acids is 2. The Morgan fingerprint density at radius 3 is 2.62 bits per heavy atom. The number of hydrogen-bond donors (Lipinski definition) is 2. The van der Waals surface area contributed by atoms with Crippen LogP contribution in [-0.4, -0.2) is 29.9 Å². The quantitative estimate of drug-likeness (QED) is 0.680. The van der Waals surface area contributed by atoms with Crippen molar-refractivity contribution < 1.29 is 14.0 Å². The van der Waals surface area contributed by atoms with Crippen molar-refractivity contribution in [1.29, 1.82) is 0 Å². The summed E-state index contributed by atoms with van der Waals surface area (Å²) >= 11 is 1.73. The number of rotatable bonds is 4. The SMILES string of the molecule is O=C(CN1CCc2sccc2[C@H]1c1ccccc1)NC(=O)Nc1ccccc1F. The van der Waals surface area contributed by atoms with Crippen LogP contribution in [0.4, 0.5) is 14.9 Å². The molecule has 5 nitrogen and oxygen atoms in total. The third-order valence-corrected chi connectivity index (χ3v) is 5.90. The summed E-state index contributed by atoms with van der Waals surface area (Å²) in [7, 11) is 0. The van der Waals surface area contributed by atoms with Crippen molar-refractivity contribution in [3.8, 4) is 0 Å². The summed E-state index contributed by atoms with van der Waals surface area (Å²) in [5, 5.41) is 6.74. The molecule has 0 spiro atoms. The van der Waals surface area contributed by atoms with Crippen molar-refractivity contribution >= 4 is 29.0 Å². The van der Waals surface area contributed by atoms with E-state index in [9.17, 15) is 14.0 Å². The first-order chi connectivity index (χ1) is 14.1. The van der Waals surface area contributed by atoms with E-state index >= 15 is 0 Å². The van der Waals surface area contributed by atoms with Crippen LogP contribution in [0, 0.1) is 5.82 Å². The Kier molecular flexibility index (Phi) is 5.69. The molecular formula is C22H20FN3O2S. The number of carbonyl (C=O) groups is 2. The maximum atomic E-state index is 13.7. The molecule has 3 amide bonds. The number of anilines is 1. The predicted octanol–water partition coefficient (Wildman–Crippen LogP) is 4.18. The Balaban J connectivity index is 1.45. The number of fused-ring (bicyclic) bond motifs is 1. The van der Waals surface area contributed by atoms with Gasteiger partial charge in [-0.2, -0.15) is 0 Å². The van der Waals surface area contributed by atoms with E-state index < -0.39 is 17.8 Å². The fraction of sp³-hybridized carbons (Fsp3) is 0.182. The van der Waals surface area contributed by atoms with Crippen LogP contribution in [0.2, 0.25) is 0 Å². The fourth-order valence-electron chi connectivity index (χ4n) is 3.63. The average molecular weight is 409 g/mol. The summed E-state index contributed by atoms with van der Waals surface area (Å²) in [4.78, 5) is 28.0. The van der Waals surface area contributed by atoms with Crippen molar-refractivity contribution in [1.82, 2.24) is 10.2 Å². The lowest BCUT2D eigenvalue weighted by molar-refractivity contribution is -0.121. The van der Waals surface area contributed by atoms with Crippen LogP contribution < -0.4 is 10.6 Å². The molecule has 0 fully saturated rings. The van der Waals surface area contributed by atoms with Crippen LogP contribution in [0.5, 0.6) is 0 Å². The van der Waals surface area contributed by atoms with Gasteiger partial charge in [-0.3, -0.25) is 15.0 Å². The second-order valence-corrected chi connectivity index (χ2v) is 7.82. The number of benzene rings is 2. The summed E-state index contributed by atoms with van der Waals surface area (Å²) in [6.07, 6.45) is 0.866. The molecule has 2 heterocycles. The van der Waals surface area contributed by atoms with Gasteiger partial charge in [0.2, 0.25) is 5.91 Å². The summed E-state index contributed by atoms with van der Waals surface area (Å²) in [5.74, 6) is -0.987. The average Bonchev–Trinajstić information content (AvgIpc) is 3.19. The van der Waals surface area contributed by atoms with Gasteiger partial charge in [-0.1, -0.05) is 42.5 Å². The Morgan fingerprint density at radius 2 is 1.83 bits per heavy atom. The zero-order valence-electron chi connectivity index (χ0n) is 15.6. The summed E-state index contributed by atoms with van der Waals surface area (Å²) in [6.45, 7) is 0.787. The highest BCUT2D eigenvalue weighted by Crippen LogP contribution is 2.37. The van der Waals surface area contributed by atoms with Gasteiger partial charge < -0.3 is 5.32 Å². The van der Waals surface area contributed by atoms with Gasteiger partial charge in [0, 0.05) is 11.4 Å². The van der Waals surface area contributed by atoms with Crippen LogP contribution >= 0.6 is 11.3 Å². The largest absolute Gasteiger partial charge is 0.326 e. The Hall–Kier alpha value is -3.03. The molecule has 7 heteroatoms. The van der Waals surface area contributed by atoms with Gasteiger partial charge in [0.05, 0.1) is 18.3 Å². The normalized spacial score (nSPS) is 16.1. The molecule has 0 saturated heterocycles. The molecule has 0 unspecified atom stereocenters. The van der Waals surface area contributed by atoms with Crippen molar-refractivity contribution in [2.45, 2.75) is 12.5 Å². The van der Waals surface area contributed by atoms with E-state index in [2.05, 4.69) is 27.0 Å². The van der Waals surface area contributed by atoms with Gasteiger partial charge >= 0.3 is 6.03 Å². The maximum absolute atomic E-state index is 13.7. The smallest absolute Gasteiger partial charge is 0.305 e. The minimum absolute atomic E-state index is 0.0286. The molecule has 1 atom stereocenters. The molecule has 0 aliphatic carbocycles. The van der Waals surface area contributed by atoms with E-state index in [1.54, 1.807) is 17.4 Å². The lowest BCUT2D eigenvalue weighted by Gasteiger charge is -2.35. The summed E-state index contributed by atoms with van der Waals surface area (Å²) in [5.41, 5.74) is 2.34. The summed E-state index contributed by atoms with van der Waals surface area (Å²) in [6, 6.07) is 17.2. The van der Waals surface area contributed by atoms with E-state index in [0.29, 0.717) is 0 Å². The zero-order chi connectivity index (χ0) is 20.2. The van der Waals surface area contributed by atoms with Crippen LogP contribution in [0.15, 0.2) is 66.0 Å². The van der Waals surface area contributed by atoms with Gasteiger partial charge in [0.15, 0.2) is 0 Å². The first-order valence-electron chi connectivity index (χ1n) is 9.32. The predicted molar refractivity (Wildman–Crippen MR) is 111 cm³/mol. The van der Waals surface area contributed by atoms with Crippen molar-refractivity contribution in [3.05, 3.63) is 87.9 Å². The highest BCUT2D eigenvalue weighted by molar-refractivity contribution is 7.10. The highest BCUT2D eigenvalue weighted by Gasteiger charge is 2.31. The van der Waals surface area contributed by atoms with Crippen LogP contribution in [0.3, 0.4) is 0 Å². The topological polar surface area (TPSA) is 61.4 Å². The first kappa shape index (κ1) is 19.3. The Morgan fingerprint density at radius 1 is 1.07 bits per heavy atom. The molecule has 0 radical (unpaired) electrons. The lowest BCUT2D eigenvalue weighted by atomic mass is 9.93. The minimum atomic E-state index is -0.746. The van der Waals surface area contributed by atoms with Gasteiger partial charge in [-0.05, 0) is 41.1 Å². The maximum Gasteiger partial charge on any atom is 0.326 e. The third-order valence-electron chi connectivity index (χ3n) is 4.90. The Labute approximate surface area is 172 Å². The van der Waals surface area contributed by atoms with Crippen LogP contribution in [0.25, 0.3) is 0 Å².